The summed E-state index contributed by atoms with van der Waals surface area (Å²) in [5.74, 6) is -0.375. The number of benzene rings is 2. The highest BCUT2D eigenvalue weighted by atomic mass is 79.9. The molecule has 5 heteroatoms. The highest BCUT2D eigenvalue weighted by Crippen LogP contribution is 2.24. The Morgan fingerprint density at radius 1 is 1.10 bits per heavy atom. The molecule has 0 bridgehead atoms. The summed E-state index contributed by atoms with van der Waals surface area (Å²) in [5, 5.41) is 20.9. The molecule has 0 aliphatic carbocycles. The van der Waals surface area contributed by atoms with E-state index >= 15 is 0 Å². The van der Waals surface area contributed by atoms with Gasteiger partial charge in [-0.1, -0.05) is 0 Å². The molecule has 2 aromatic carbocycles. The summed E-state index contributed by atoms with van der Waals surface area (Å²) in [4.78, 5) is 0. The molecule has 0 aliphatic heterocycles. The zero-order chi connectivity index (χ0) is 14.5. The topological polar surface area (TPSA) is 59.6 Å². The third-order valence-corrected chi connectivity index (χ3v) is 3.41. The van der Waals surface area contributed by atoms with Crippen LogP contribution in [-0.4, -0.2) is 0 Å². The first kappa shape index (κ1) is 14.0. The maximum absolute atomic E-state index is 13.2. The van der Waals surface area contributed by atoms with Gasteiger partial charge in [-0.25, -0.2) is 4.39 Å². The molecule has 0 fully saturated rings. The van der Waals surface area contributed by atoms with Crippen LogP contribution >= 0.6 is 15.9 Å². The van der Waals surface area contributed by atoms with Gasteiger partial charge in [0.1, 0.15) is 5.82 Å². The van der Waals surface area contributed by atoms with Gasteiger partial charge < -0.3 is 5.32 Å². The SMILES string of the molecule is N#Cc1ccc(NCc2cc(F)ccc2C#N)c(Br)c1. The van der Waals surface area contributed by atoms with Gasteiger partial charge in [0.25, 0.3) is 0 Å². The summed E-state index contributed by atoms with van der Waals surface area (Å²) in [7, 11) is 0. The van der Waals surface area contributed by atoms with E-state index in [1.165, 1.54) is 18.2 Å². The molecule has 0 atom stereocenters. The van der Waals surface area contributed by atoms with Crippen molar-refractivity contribution in [3.05, 3.63) is 63.4 Å². The van der Waals surface area contributed by atoms with Crippen LogP contribution in [0, 0.1) is 28.5 Å². The van der Waals surface area contributed by atoms with E-state index in [-0.39, 0.29) is 5.82 Å². The fraction of sp³-hybridized carbons (Fsp3) is 0.0667. The van der Waals surface area contributed by atoms with Crippen LogP contribution in [0.15, 0.2) is 40.9 Å². The molecule has 0 aromatic heterocycles. The summed E-state index contributed by atoms with van der Waals surface area (Å²) < 4.78 is 13.9. The molecular formula is C15H9BrFN3. The number of hydrogen-bond donors (Lipinski definition) is 1. The van der Waals surface area contributed by atoms with Crippen LogP contribution in [0.3, 0.4) is 0 Å². The third-order valence-electron chi connectivity index (χ3n) is 2.76. The molecule has 2 rings (SSSR count). The van der Waals surface area contributed by atoms with E-state index in [4.69, 9.17) is 10.5 Å². The second kappa shape index (κ2) is 6.18. The Bertz CT molecular complexity index is 729. The summed E-state index contributed by atoms with van der Waals surface area (Å²) in [6.07, 6.45) is 0. The van der Waals surface area contributed by atoms with Gasteiger partial charge in [0.05, 0.1) is 23.3 Å². The van der Waals surface area contributed by atoms with E-state index in [9.17, 15) is 4.39 Å². The first-order valence-electron chi connectivity index (χ1n) is 5.76. The average Bonchev–Trinajstić information content (AvgIpc) is 2.46. The molecule has 3 nitrogen and oxygen atoms in total. The van der Waals surface area contributed by atoms with E-state index in [1.54, 1.807) is 18.2 Å². The van der Waals surface area contributed by atoms with Crippen LogP contribution in [0.4, 0.5) is 10.1 Å². The summed E-state index contributed by atoms with van der Waals surface area (Å²) in [6.45, 7) is 0.325. The largest absolute Gasteiger partial charge is 0.380 e. The minimum Gasteiger partial charge on any atom is -0.380 e. The van der Waals surface area contributed by atoms with Gasteiger partial charge in [-0.3, -0.25) is 0 Å². The number of nitrogens with one attached hydrogen (secondary N) is 1. The Labute approximate surface area is 124 Å². The molecule has 0 spiro atoms. The van der Waals surface area contributed by atoms with Crippen molar-refractivity contribution in [2.45, 2.75) is 6.54 Å². The zero-order valence-electron chi connectivity index (χ0n) is 10.3. The lowest BCUT2D eigenvalue weighted by Crippen LogP contribution is -2.03. The average molecular weight is 330 g/mol. The van der Waals surface area contributed by atoms with Crippen molar-refractivity contribution in [1.29, 1.82) is 10.5 Å². The lowest BCUT2D eigenvalue weighted by Gasteiger charge is -2.10. The van der Waals surface area contributed by atoms with Crippen molar-refractivity contribution in [2.75, 3.05) is 5.32 Å². The standard InChI is InChI=1S/C15H9BrFN3/c16-14-5-10(7-18)1-4-15(14)20-9-12-6-13(17)3-2-11(12)8-19/h1-6,20H,9H2. The molecule has 0 radical (unpaired) electrons. The predicted octanol–water partition coefficient (Wildman–Crippen LogP) is 3.94. The van der Waals surface area contributed by atoms with Gasteiger partial charge in [-0.05, 0) is 57.9 Å². The van der Waals surface area contributed by atoms with Crippen molar-refractivity contribution in [2.24, 2.45) is 0 Å². The molecule has 0 aliphatic rings. The monoisotopic (exact) mass is 329 g/mol. The van der Waals surface area contributed by atoms with Gasteiger partial charge >= 0.3 is 0 Å². The van der Waals surface area contributed by atoms with Crippen molar-refractivity contribution in [3.8, 4) is 12.1 Å². The molecule has 98 valence electrons. The molecule has 0 heterocycles. The van der Waals surface area contributed by atoms with E-state index in [1.807, 2.05) is 12.1 Å². The van der Waals surface area contributed by atoms with Crippen LogP contribution in [0.2, 0.25) is 0 Å². The number of hydrogen-bond acceptors (Lipinski definition) is 3. The Morgan fingerprint density at radius 2 is 1.90 bits per heavy atom. The molecule has 0 saturated carbocycles. The highest BCUT2D eigenvalue weighted by molar-refractivity contribution is 9.10. The minimum absolute atomic E-state index is 0.325. The van der Waals surface area contributed by atoms with Crippen molar-refractivity contribution in [1.82, 2.24) is 0 Å². The maximum Gasteiger partial charge on any atom is 0.123 e. The van der Waals surface area contributed by atoms with Gasteiger partial charge in [-0.15, -0.1) is 0 Å². The van der Waals surface area contributed by atoms with Crippen molar-refractivity contribution >= 4 is 21.6 Å². The van der Waals surface area contributed by atoms with Gasteiger partial charge in [0.15, 0.2) is 0 Å². The zero-order valence-corrected chi connectivity index (χ0v) is 11.9. The second-order valence-electron chi connectivity index (χ2n) is 4.07. The number of nitriles is 2. The Balaban J connectivity index is 2.19. The van der Waals surface area contributed by atoms with Crippen molar-refractivity contribution < 1.29 is 4.39 Å². The molecular weight excluding hydrogens is 321 g/mol. The van der Waals surface area contributed by atoms with E-state index in [0.717, 1.165) is 10.2 Å². The van der Waals surface area contributed by atoms with Gasteiger partial charge in [0.2, 0.25) is 0 Å². The lowest BCUT2D eigenvalue weighted by molar-refractivity contribution is 0.625. The highest BCUT2D eigenvalue weighted by Gasteiger charge is 2.06. The Kier molecular flexibility index (Phi) is 4.34. The summed E-state index contributed by atoms with van der Waals surface area (Å²) in [6, 6.07) is 13.3. The molecule has 20 heavy (non-hydrogen) atoms. The maximum atomic E-state index is 13.2. The van der Waals surface area contributed by atoms with Crippen LogP contribution < -0.4 is 5.32 Å². The molecule has 1 N–H and O–H groups in total. The smallest absolute Gasteiger partial charge is 0.123 e. The molecule has 2 aromatic rings. The van der Waals surface area contributed by atoms with E-state index < -0.39 is 0 Å². The van der Waals surface area contributed by atoms with Crippen LogP contribution in [0.25, 0.3) is 0 Å². The first-order chi connectivity index (χ1) is 9.63. The lowest BCUT2D eigenvalue weighted by atomic mass is 10.1. The van der Waals surface area contributed by atoms with E-state index in [0.29, 0.717) is 23.2 Å². The summed E-state index contributed by atoms with van der Waals surface area (Å²) in [5.41, 5.74) is 2.34. The molecule has 0 unspecified atom stereocenters. The number of anilines is 1. The quantitative estimate of drug-likeness (QED) is 0.927. The first-order valence-corrected chi connectivity index (χ1v) is 6.55. The van der Waals surface area contributed by atoms with Gasteiger partial charge in [0, 0.05) is 16.7 Å². The predicted molar refractivity (Wildman–Crippen MR) is 77.3 cm³/mol. The minimum atomic E-state index is -0.375. The third kappa shape index (κ3) is 3.14. The summed E-state index contributed by atoms with van der Waals surface area (Å²) >= 11 is 3.36. The van der Waals surface area contributed by atoms with Gasteiger partial charge in [-0.2, -0.15) is 10.5 Å². The Morgan fingerprint density at radius 3 is 2.55 bits per heavy atom. The van der Waals surface area contributed by atoms with Crippen LogP contribution in [-0.2, 0) is 6.54 Å². The van der Waals surface area contributed by atoms with Crippen LogP contribution in [0.5, 0.6) is 0 Å². The second-order valence-corrected chi connectivity index (χ2v) is 4.93. The van der Waals surface area contributed by atoms with Crippen LogP contribution in [0.1, 0.15) is 16.7 Å². The number of halogens is 2. The molecule has 0 saturated heterocycles. The Hall–Kier alpha value is -2.37. The number of rotatable bonds is 3. The van der Waals surface area contributed by atoms with Crippen molar-refractivity contribution in [3.63, 3.8) is 0 Å². The number of nitrogens with zero attached hydrogens (tertiary/aromatic N) is 2. The fourth-order valence-electron chi connectivity index (χ4n) is 1.74. The van der Waals surface area contributed by atoms with E-state index in [2.05, 4.69) is 21.2 Å². The normalized spacial score (nSPS) is 9.60. The fourth-order valence-corrected chi connectivity index (χ4v) is 2.26. The molecule has 0 amide bonds.